The van der Waals surface area contributed by atoms with E-state index < -0.39 is 0 Å². The third kappa shape index (κ3) is 3.69. The van der Waals surface area contributed by atoms with Crippen LogP contribution in [0.4, 0.5) is 4.39 Å². The third-order valence-electron chi connectivity index (χ3n) is 2.30. The molecule has 0 unspecified atom stereocenters. The number of hydrogen-bond acceptors (Lipinski definition) is 1. The number of rotatable bonds is 3. The van der Waals surface area contributed by atoms with Crippen LogP contribution in [0.25, 0.3) is 11.1 Å². The molecule has 0 saturated heterocycles. The number of halogens is 3. The molecule has 1 rings (SSSR count). The van der Waals surface area contributed by atoms with E-state index in [0.717, 1.165) is 11.1 Å². The molecule has 0 aliphatic heterocycles. The van der Waals surface area contributed by atoms with Crippen molar-refractivity contribution in [3.8, 4) is 0 Å². The Hall–Kier alpha value is -1.12. The van der Waals surface area contributed by atoms with E-state index in [1.165, 1.54) is 13.0 Å². The Morgan fingerprint density at radius 1 is 1.39 bits per heavy atom. The lowest BCUT2D eigenvalue weighted by Gasteiger charge is -2.07. The Balaban J connectivity index is 3.34. The van der Waals surface area contributed by atoms with Crippen molar-refractivity contribution >= 4 is 34.3 Å². The Morgan fingerprint density at radius 3 is 2.39 bits per heavy atom. The van der Waals surface area contributed by atoms with E-state index in [1.54, 1.807) is 19.2 Å². The first kappa shape index (κ1) is 14.9. The van der Waals surface area contributed by atoms with Crippen molar-refractivity contribution in [1.82, 2.24) is 4.98 Å². The van der Waals surface area contributed by atoms with Crippen molar-refractivity contribution in [3.05, 3.63) is 52.1 Å². The maximum absolute atomic E-state index is 13.5. The average molecular weight is 286 g/mol. The zero-order valence-electron chi connectivity index (χ0n) is 10.5. The van der Waals surface area contributed by atoms with E-state index in [2.05, 4.69) is 11.6 Å². The Labute approximate surface area is 117 Å². The fourth-order valence-electron chi connectivity index (χ4n) is 1.44. The van der Waals surface area contributed by atoms with Crippen LogP contribution in [-0.4, -0.2) is 4.98 Å². The predicted octanol–water partition coefficient (Wildman–Crippen LogP) is 5.61. The summed E-state index contributed by atoms with van der Waals surface area (Å²) in [6, 6.07) is 1.61. The maximum Gasteiger partial charge on any atom is 0.106 e. The third-order valence-corrected chi connectivity index (χ3v) is 2.73. The molecule has 1 aromatic rings. The zero-order chi connectivity index (χ0) is 13.9. The average Bonchev–Trinajstić information content (AvgIpc) is 2.24. The van der Waals surface area contributed by atoms with Gasteiger partial charge in [-0.15, -0.1) is 0 Å². The molecule has 1 heterocycles. The first-order valence-electron chi connectivity index (χ1n) is 5.35. The second-order valence-corrected chi connectivity index (χ2v) is 5.01. The minimum Gasteiger partial charge on any atom is -0.255 e. The highest BCUT2D eigenvalue weighted by Crippen LogP contribution is 2.28. The van der Waals surface area contributed by atoms with E-state index in [-0.39, 0.29) is 5.83 Å². The van der Waals surface area contributed by atoms with Crippen LogP contribution >= 0.6 is 23.2 Å². The lowest BCUT2D eigenvalue weighted by atomic mass is 10.1. The van der Waals surface area contributed by atoms with Crippen LogP contribution in [0.3, 0.4) is 0 Å². The van der Waals surface area contributed by atoms with E-state index >= 15 is 0 Å². The van der Waals surface area contributed by atoms with Gasteiger partial charge in [-0.3, -0.25) is 4.98 Å². The highest BCUT2D eigenvalue weighted by atomic mass is 35.5. The molecule has 1 aromatic heterocycles. The molecular weight excluding hydrogens is 272 g/mol. The van der Waals surface area contributed by atoms with Crippen molar-refractivity contribution in [2.75, 3.05) is 0 Å². The van der Waals surface area contributed by atoms with Gasteiger partial charge >= 0.3 is 0 Å². The van der Waals surface area contributed by atoms with Crippen molar-refractivity contribution < 1.29 is 4.39 Å². The molecule has 18 heavy (non-hydrogen) atoms. The van der Waals surface area contributed by atoms with Crippen LogP contribution in [0.15, 0.2) is 35.8 Å². The summed E-state index contributed by atoms with van der Waals surface area (Å²) < 4.78 is 13.5. The van der Waals surface area contributed by atoms with E-state index in [4.69, 9.17) is 23.2 Å². The van der Waals surface area contributed by atoms with Crippen molar-refractivity contribution in [2.45, 2.75) is 20.8 Å². The van der Waals surface area contributed by atoms with Gasteiger partial charge in [0.05, 0.1) is 10.7 Å². The summed E-state index contributed by atoms with van der Waals surface area (Å²) >= 11 is 11.9. The number of nitrogens with zero attached hydrogens (tertiary/aromatic N) is 1. The molecule has 0 saturated carbocycles. The quantitative estimate of drug-likeness (QED) is 0.658. The van der Waals surface area contributed by atoms with Crippen LogP contribution in [0.1, 0.15) is 32.0 Å². The minimum atomic E-state index is -0.360. The SMILES string of the molecule is C=C(C)c1cnc(C(C=C(C)Cl)=C(C)F)cc1Cl. The molecule has 4 heteroatoms. The van der Waals surface area contributed by atoms with Crippen molar-refractivity contribution in [3.63, 3.8) is 0 Å². The number of allylic oxidation sites excluding steroid dienone is 5. The van der Waals surface area contributed by atoms with Gasteiger partial charge in [-0.2, -0.15) is 0 Å². The first-order chi connectivity index (χ1) is 8.32. The molecule has 0 amide bonds. The largest absolute Gasteiger partial charge is 0.255 e. The highest BCUT2D eigenvalue weighted by Gasteiger charge is 2.09. The first-order valence-corrected chi connectivity index (χ1v) is 6.10. The van der Waals surface area contributed by atoms with Crippen LogP contribution < -0.4 is 0 Å². The van der Waals surface area contributed by atoms with Gasteiger partial charge in [0.1, 0.15) is 5.83 Å². The topological polar surface area (TPSA) is 12.9 Å². The van der Waals surface area contributed by atoms with Crippen LogP contribution in [0.5, 0.6) is 0 Å². The summed E-state index contributed by atoms with van der Waals surface area (Å²) in [5.74, 6) is -0.360. The fraction of sp³-hybridized carbons (Fsp3) is 0.214. The molecular formula is C14H14Cl2FN. The van der Waals surface area contributed by atoms with Gasteiger partial charge < -0.3 is 0 Å². The number of hydrogen-bond donors (Lipinski definition) is 0. The summed E-state index contributed by atoms with van der Waals surface area (Å²) in [6.45, 7) is 8.67. The van der Waals surface area contributed by atoms with E-state index in [9.17, 15) is 4.39 Å². The van der Waals surface area contributed by atoms with Crippen molar-refractivity contribution in [2.24, 2.45) is 0 Å². The van der Waals surface area contributed by atoms with Gasteiger partial charge in [0, 0.05) is 22.4 Å². The number of aromatic nitrogens is 1. The summed E-state index contributed by atoms with van der Waals surface area (Å²) in [4.78, 5) is 4.19. The second kappa shape index (κ2) is 6.17. The van der Waals surface area contributed by atoms with Gasteiger partial charge in [0.15, 0.2) is 0 Å². The van der Waals surface area contributed by atoms with Crippen molar-refractivity contribution in [1.29, 1.82) is 0 Å². The summed E-state index contributed by atoms with van der Waals surface area (Å²) in [7, 11) is 0. The Morgan fingerprint density at radius 2 is 2.00 bits per heavy atom. The lowest BCUT2D eigenvalue weighted by molar-refractivity contribution is 0.644. The van der Waals surface area contributed by atoms with Gasteiger partial charge in [-0.1, -0.05) is 29.8 Å². The predicted molar refractivity (Wildman–Crippen MR) is 77.3 cm³/mol. The molecule has 0 N–H and O–H groups in total. The molecule has 1 nitrogen and oxygen atoms in total. The van der Waals surface area contributed by atoms with Gasteiger partial charge in [-0.05, 0) is 38.5 Å². The molecule has 0 aliphatic rings. The number of pyridine rings is 1. The monoisotopic (exact) mass is 285 g/mol. The standard InChI is InChI=1S/C14H14Cl2FN/c1-8(2)12-7-18-14(6-13(12)16)11(10(4)17)5-9(3)15/h5-7H,1H2,2-4H3. The molecule has 0 bridgehead atoms. The molecule has 0 spiro atoms. The highest BCUT2D eigenvalue weighted by molar-refractivity contribution is 6.32. The fourth-order valence-corrected chi connectivity index (χ4v) is 1.86. The Bertz CT molecular complexity index is 537. The molecule has 0 atom stereocenters. The molecule has 0 radical (unpaired) electrons. The maximum atomic E-state index is 13.5. The molecule has 0 fully saturated rings. The molecule has 96 valence electrons. The Kier molecular flexibility index (Phi) is 5.12. The zero-order valence-corrected chi connectivity index (χ0v) is 12.0. The van der Waals surface area contributed by atoms with Gasteiger partial charge in [0.2, 0.25) is 0 Å². The van der Waals surface area contributed by atoms with E-state index in [1.807, 2.05) is 6.92 Å². The summed E-state index contributed by atoms with van der Waals surface area (Å²) in [5, 5.41) is 0.968. The molecule has 0 aliphatic carbocycles. The second-order valence-electron chi connectivity index (χ2n) is 4.01. The van der Waals surface area contributed by atoms with Gasteiger partial charge in [-0.25, -0.2) is 4.39 Å². The van der Waals surface area contributed by atoms with Crippen LogP contribution in [0.2, 0.25) is 5.02 Å². The van der Waals surface area contributed by atoms with Gasteiger partial charge in [0.25, 0.3) is 0 Å². The summed E-state index contributed by atoms with van der Waals surface area (Å²) in [6.07, 6.45) is 3.11. The lowest BCUT2D eigenvalue weighted by Crippen LogP contribution is -1.92. The van der Waals surface area contributed by atoms with Crippen LogP contribution in [0, 0.1) is 0 Å². The minimum absolute atomic E-state index is 0.331. The van der Waals surface area contributed by atoms with E-state index in [0.29, 0.717) is 21.3 Å². The molecule has 0 aromatic carbocycles. The van der Waals surface area contributed by atoms with Crippen LogP contribution in [-0.2, 0) is 0 Å². The smallest absolute Gasteiger partial charge is 0.106 e. The summed E-state index contributed by atoms with van der Waals surface area (Å²) in [5.41, 5.74) is 2.34. The normalized spacial score (nSPS) is 13.3.